The minimum Gasteiger partial charge on any atom is -0.462 e. The molecule has 6 nitrogen and oxygen atoms in total. The SMILES string of the molecule is CCOC(=O)c1sc(NC(C)=O)nc1CCc1ccc(N)cc1. The molecule has 0 atom stereocenters. The quantitative estimate of drug-likeness (QED) is 0.626. The van der Waals surface area contributed by atoms with Crippen LogP contribution in [-0.2, 0) is 22.4 Å². The molecule has 1 aromatic heterocycles. The molecule has 0 aliphatic carbocycles. The van der Waals surface area contributed by atoms with Gasteiger partial charge in [-0.1, -0.05) is 23.5 Å². The Labute approximate surface area is 138 Å². The second-order valence-corrected chi connectivity index (χ2v) is 5.94. The summed E-state index contributed by atoms with van der Waals surface area (Å²) in [7, 11) is 0. The number of aryl methyl sites for hydroxylation is 2. The van der Waals surface area contributed by atoms with Crippen molar-refractivity contribution in [2.75, 3.05) is 17.7 Å². The normalized spacial score (nSPS) is 10.3. The van der Waals surface area contributed by atoms with Crippen LogP contribution < -0.4 is 11.1 Å². The number of esters is 1. The summed E-state index contributed by atoms with van der Waals surface area (Å²) in [6, 6.07) is 7.57. The van der Waals surface area contributed by atoms with Crippen LogP contribution in [-0.4, -0.2) is 23.5 Å². The Morgan fingerprint density at radius 1 is 1.26 bits per heavy atom. The molecule has 3 N–H and O–H groups in total. The number of hydrogen-bond donors (Lipinski definition) is 2. The number of nitrogen functional groups attached to an aromatic ring is 1. The first-order chi connectivity index (χ1) is 11.0. The van der Waals surface area contributed by atoms with Gasteiger partial charge in [-0.05, 0) is 37.5 Å². The van der Waals surface area contributed by atoms with Gasteiger partial charge in [-0.15, -0.1) is 0 Å². The van der Waals surface area contributed by atoms with Gasteiger partial charge in [0.1, 0.15) is 4.88 Å². The van der Waals surface area contributed by atoms with E-state index in [4.69, 9.17) is 10.5 Å². The fourth-order valence-electron chi connectivity index (χ4n) is 2.03. The van der Waals surface area contributed by atoms with Gasteiger partial charge in [0, 0.05) is 12.6 Å². The van der Waals surface area contributed by atoms with Gasteiger partial charge >= 0.3 is 5.97 Å². The molecule has 7 heteroatoms. The summed E-state index contributed by atoms with van der Waals surface area (Å²) in [4.78, 5) is 28.0. The van der Waals surface area contributed by atoms with Crippen LogP contribution in [0.25, 0.3) is 0 Å². The Balaban J connectivity index is 2.17. The Hall–Kier alpha value is -2.41. The predicted molar refractivity (Wildman–Crippen MR) is 90.6 cm³/mol. The number of nitrogens with two attached hydrogens (primary N) is 1. The van der Waals surface area contributed by atoms with Crippen molar-refractivity contribution in [1.29, 1.82) is 0 Å². The lowest BCUT2D eigenvalue weighted by molar-refractivity contribution is -0.114. The lowest BCUT2D eigenvalue weighted by Crippen LogP contribution is -2.07. The van der Waals surface area contributed by atoms with Gasteiger partial charge in [0.15, 0.2) is 5.13 Å². The van der Waals surface area contributed by atoms with E-state index >= 15 is 0 Å². The maximum absolute atomic E-state index is 12.0. The van der Waals surface area contributed by atoms with E-state index in [0.717, 1.165) is 23.3 Å². The van der Waals surface area contributed by atoms with Gasteiger partial charge in [0.2, 0.25) is 5.91 Å². The molecule has 2 aromatic rings. The zero-order valence-electron chi connectivity index (χ0n) is 13.1. The van der Waals surface area contributed by atoms with Crippen molar-refractivity contribution in [3.05, 3.63) is 40.4 Å². The fourth-order valence-corrected chi connectivity index (χ4v) is 2.98. The van der Waals surface area contributed by atoms with Gasteiger partial charge in [0.05, 0.1) is 12.3 Å². The van der Waals surface area contributed by atoms with Gasteiger partial charge in [-0.25, -0.2) is 9.78 Å². The van der Waals surface area contributed by atoms with Gasteiger partial charge in [0.25, 0.3) is 0 Å². The highest BCUT2D eigenvalue weighted by Crippen LogP contribution is 2.25. The molecule has 0 saturated heterocycles. The van der Waals surface area contributed by atoms with Crippen molar-refractivity contribution in [2.45, 2.75) is 26.7 Å². The van der Waals surface area contributed by atoms with E-state index in [0.29, 0.717) is 34.4 Å². The molecule has 0 aliphatic heterocycles. The van der Waals surface area contributed by atoms with Crippen molar-refractivity contribution in [1.82, 2.24) is 4.98 Å². The number of nitrogens with zero attached hydrogens (tertiary/aromatic N) is 1. The topological polar surface area (TPSA) is 94.3 Å². The highest BCUT2D eigenvalue weighted by molar-refractivity contribution is 7.17. The van der Waals surface area contributed by atoms with Crippen LogP contribution in [0.1, 0.15) is 34.8 Å². The molecule has 0 unspecified atom stereocenters. The fraction of sp³-hybridized carbons (Fsp3) is 0.312. The minimum atomic E-state index is -0.408. The van der Waals surface area contributed by atoms with Crippen molar-refractivity contribution in [2.24, 2.45) is 0 Å². The van der Waals surface area contributed by atoms with Crippen LogP contribution in [0.2, 0.25) is 0 Å². The average molecular weight is 333 g/mol. The molecule has 0 fully saturated rings. The molecular formula is C16H19N3O3S. The number of rotatable bonds is 6. The first-order valence-corrected chi connectivity index (χ1v) is 8.10. The van der Waals surface area contributed by atoms with Crippen molar-refractivity contribution in [3.8, 4) is 0 Å². The van der Waals surface area contributed by atoms with Gasteiger partial charge in [-0.3, -0.25) is 4.79 Å². The number of aromatic nitrogens is 1. The lowest BCUT2D eigenvalue weighted by atomic mass is 10.1. The van der Waals surface area contributed by atoms with E-state index in [-0.39, 0.29) is 5.91 Å². The smallest absolute Gasteiger partial charge is 0.350 e. The van der Waals surface area contributed by atoms with Gasteiger partial charge < -0.3 is 15.8 Å². The Bertz CT molecular complexity index is 695. The second kappa shape index (κ2) is 7.73. The molecular weight excluding hydrogens is 314 g/mol. The number of anilines is 2. The van der Waals surface area contributed by atoms with Crippen LogP contribution in [0.15, 0.2) is 24.3 Å². The van der Waals surface area contributed by atoms with E-state index in [1.165, 1.54) is 6.92 Å². The third-order valence-electron chi connectivity index (χ3n) is 3.07. The third kappa shape index (κ3) is 4.79. The van der Waals surface area contributed by atoms with Crippen LogP contribution in [0.3, 0.4) is 0 Å². The standard InChI is InChI=1S/C16H19N3O3S/c1-3-22-15(21)14-13(19-16(23-14)18-10(2)20)9-6-11-4-7-12(17)8-5-11/h4-5,7-8H,3,6,9,17H2,1-2H3,(H,18,19,20). The minimum absolute atomic E-state index is 0.223. The Kier molecular flexibility index (Phi) is 5.70. The zero-order valence-corrected chi connectivity index (χ0v) is 13.9. The van der Waals surface area contributed by atoms with E-state index in [2.05, 4.69) is 10.3 Å². The van der Waals surface area contributed by atoms with Crippen molar-refractivity contribution >= 4 is 34.0 Å². The predicted octanol–water partition coefficient (Wildman–Crippen LogP) is 2.65. The summed E-state index contributed by atoms with van der Waals surface area (Å²) in [5.74, 6) is -0.631. The lowest BCUT2D eigenvalue weighted by Gasteiger charge is -2.03. The summed E-state index contributed by atoms with van der Waals surface area (Å²) in [5, 5.41) is 3.02. The summed E-state index contributed by atoms with van der Waals surface area (Å²) in [6.07, 6.45) is 1.30. The van der Waals surface area contributed by atoms with E-state index in [1.54, 1.807) is 6.92 Å². The van der Waals surface area contributed by atoms with E-state index < -0.39 is 5.97 Å². The average Bonchev–Trinajstić information content (AvgIpc) is 2.89. The summed E-state index contributed by atoms with van der Waals surface area (Å²) in [5.41, 5.74) is 8.11. The van der Waals surface area contributed by atoms with Crippen LogP contribution in [0, 0.1) is 0 Å². The largest absolute Gasteiger partial charge is 0.462 e. The number of amides is 1. The molecule has 0 radical (unpaired) electrons. The summed E-state index contributed by atoms with van der Waals surface area (Å²) < 4.78 is 5.06. The first kappa shape index (κ1) is 17.0. The molecule has 0 bridgehead atoms. The molecule has 1 heterocycles. The van der Waals surface area contributed by atoms with E-state index in [1.807, 2.05) is 24.3 Å². The molecule has 1 aromatic carbocycles. The first-order valence-electron chi connectivity index (χ1n) is 7.28. The summed E-state index contributed by atoms with van der Waals surface area (Å²) >= 11 is 1.14. The number of carbonyl (C=O) groups excluding carboxylic acids is 2. The number of hydrogen-bond acceptors (Lipinski definition) is 6. The van der Waals surface area contributed by atoms with Crippen LogP contribution in [0.4, 0.5) is 10.8 Å². The highest BCUT2D eigenvalue weighted by Gasteiger charge is 2.19. The number of nitrogens with one attached hydrogen (secondary N) is 1. The zero-order chi connectivity index (χ0) is 16.8. The molecule has 0 spiro atoms. The highest BCUT2D eigenvalue weighted by atomic mass is 32.1. The Morgan fingerprint density at radius 2 is 1.96 bits per heavy atom. The van der Waals surface area contributed by atoms with Crippen LogP contribution >= 0.6 is 11.3 Å². The number of benzene rings is 1. The Morgan fingerprint density at radius 3 is 2.57 bits per heavy atom. The number of thiazole rings is 1. The summed E-state index contributed by atoms with van der Waals surface area (Å²) in [6.45, 7) is 3.45. The molecule has 1 amide bonds. The van der Waals surface area contributed by atoms with Crippen molar-refractivity contribution in [3.63, 3.8) is 0 Å². The molecule has 23 heavy (non-hydrogen) atoms. The molecule has 0 saturated carbocycles. The van der Waals surface area contributed by atoms with Crippen molar-refractivity contribution < 1.29 is 14.3 Å². The van der Waals surface area contributed by atoms with E-state index in [9.17, 15) is 9.59 Å². The number of carbonyl (C=O) groups is 2. The third-order valence-corrected chi connectivity index (χ3v) is 4.06. The molecule has 2 rings (SSSR count). The van der Waals surface area contributed by atoms with Gasteiger partial charge in [-0.2, -0.15) is 0 Å². The number of ether oxygens (including phenoxy) is 1. The maximum Gasteiger partial charge on any atom is 0.350 e. The van der Waals surface area contributed by atoms with Crippen LogP contribution in [0.5, 0.6) is 0 Å². The molecule has 0 aliphatic rings. The monoisotopic (exact) mass is 333 g/mol. The maximum atomic E-state index is 12.0. The second-order valence-electron chi connectivity index (χ2n) is 4.94. The molecule has 122 valence electrons.